The van der Waals surface area contributed by atoms with Crippen LogP contribution in [-0.2, 0) is 23.8 Å². The number of hydrogen-bond donors (Lipinski definition) is 3. The molecular formula is C31H41ClN2O10. The van der Waals surface area contributed by atoms with Crippen molar-refractivity contribution in [3.8, 4) is 11.5 Å². The highest BCUT2D eigenvalue weighted by atomic mass is 35.5. The quantitative estimate of drug-likeness (QED) is 0.370. The zero-order valence-corrected chi connectivity index (χ0v) is 26.1. The van der Waals surface area contributed by atoms with E-state index in [2.05, 4.69) is 5.32 Å². The predicted octanol–water partition coefficient (Wildman–Crippen LogP) is 4.42. The number of carboxylic acids is 2. The van der Waals surface area contributed by atoms with E-state index >= 15 is 0 Å². The standard InChI is InChI=1S/C23H28ClNO5.C4H9NO.C4H4O4/c1-23(2,3)30-22(26)25-12-13-28-20(15-25)21(16-8-6-5-7-9-16)29-18-11-10-17(24)14-19(18)27-4;1-3-6-4-2-5-1;5-3(6)1-2-4(7)8/h5-11,14,20-21H,12-13,15H2,1-4H3;5H,1-4H2;1-2H,(H,5,6)(H,7,8)/t20-,21-;;/m0../s1. The third-order valence-corrected chi connectivity index (χ3v) is 6.04. The summed E-state index contributed by atoms with van der Waals surface area (Å²) in [5, 5.41) is 19.3. The van der Waals surface area contributed by atoms with Crippen molar-refractivity contribution in [3.05, 3.63) is 71.3 Å². The summed E-state index contributed by atoms with van der Waals surface area (Å²) in [6.45, 7) is 10.6. The van der Waals surface area contributed by atoms with E-state index in [1.807, 2.05) is 51.1 Å². The SMILES string of the molecule is C1COCCN1.COc1cc(Cl)ccc1O[C@@H](c1ccccc1)[C@@H]1CN(C(=O)OC(C)(C)C)CCO1.O=C(O)C=CC(=O)O. The van der Waals surface area contributed by atoms with Crippen LogP contribution >= 0.6 is 11.6 Å². The maximum absolute atomic E-state index is 12.6. The number of nitrogens with zero attached hydrogens (tertiary/aromatic N) is 1. The minimum Gasteiger partial charge on any atom is -0.493 e. The van der Waals surface area contributed by atoms with Gasteiger partial charge in [-0.2, -0.15) is 0 Å². The second kappa shape index (κ2) is 18.7. The Bertz CT molecular complexity index is 1190. The Hall–Kier alpha value is -3.84. The average molecular weight is 637 g/mol. The zero-order valence-electron chi connectivity index (χ0n) is 25.4. The number of ether oxygens (including phenoxy) is 5. The fourth-order valence-corrected chi connectivity index (χ4v) is 4.05. The van der Waals surface area contributed by atoms with Crippen molar-refractivity contribution >= 4 is 29.6 Å². The molecule has 4 rings (SSSR count). The summed E-state index contributed by atoms with van der Waals surface area (Å²) in [7, 11) is 1.57. The van der Waals surface area contributed by atoms with Crippen LogP contribution in [0, 0.1) is 0 Å². The maximum Gasteiger partial charge on any atom is 0.410 e. The fourth-order valence-electron chi connectivity index (χ4n) is 3.89. The second-order valence-corrected chi connectivity index (χ2v) is 10.9. The molecule has 2 aliphatic rings. The lowest BCUT2D eigenvalue weighted by Crippen LogP contribution is -2.50. The van der Waals surface area contributed by atoms with E-state index in [0.717, 1.165) is 31.9 Å². The van der Waals surface area contributed by atoms with Crippen LogP contribution in [0.4, 0.5) is 4.79 Å². The minimum absolute atomic E-state index is 0.352. The maximum atomic E-state index is 12.6. The first kappa shape index (κ1) is 36.4. The molecular weight excluding hydrogens is 596 g/mol. The zero-order chi connectivity index (χ0) is 32.5. The Morgan fingerprint density at radius 3 is 2.14 bits per heavy atom. The highest BCUT2D eigenvalue weighted by Crippen LogP contribution is 2.36. The number of amides is 1. The summed E-state index contributed by atoms with van der Waals surface area (Å²) in [5.74, 6) is -1.43. The van der Waals surface area contributed by atoms with E-state index in [1.54, 1.807) is 30.2 Å². The molecule has 3 N–H and O–H groups in total. The molecule has 13 heteroatoms. The average Bonchev–Trinajstić information content (AvgIpc) is 3.00. The lowest BCUT2D eigenvalue weighted by atomic mass is 10.0. The number of nitrogens with one attached hydrogen (secondary N) is 1. The fraction of sp³-hybridized carbons (Fsp3) is 0.452. The molecule has 0 aromatic heterocycles. The van der Waals surface area contributed by atoms with Gasteiger partial charge < -0.3 is 44.1 Å². The number of carbonyl (C=O) groups excluding carboxylic acids is 1. The summed E-state index contributed by atoms with van der Waals surface area (Å²) in [4.78, 5) is 33.4. The number of benzene rings is 2. The first-order valence-corrected chi connectivity index (χ1v) is 14.3. The van der Waals surface area contributed by atoms with E-state index in [1.165, 1.54) is 0 Å². The van der Waals surface area contributed by atoms with E-state index in [4.69, 9.17) is 45.5 Å². The Kier molecular flexibility index (Phi) is 15.5. The van der Waals surface area contributed by atoms with Gasteiger partial charge in [-0.15, -0.1) is 0 Å². The summed E-state index contributed by atoms with van der Waals surface area (Å²) in [5.41, 5.74) is 0.377. The van der Waals surface area contributed by atoms with Crippen LogP contribution in [0.1, 0.15) is 32.4 Å². The molecule has 0 aliphatic carbocycles. The Morgan fingerprint density at radius 1 is 1.00 bits per heavy atom. The lowest BCUT2D eigenvalue weighted by Gasteiger charge is -2.37. The Morgan fingerprint density at radius 2 is 1.64 bits per heavy atom. The van der Waals surface area contributed by atoms with Crippen molar-refractivity contribution in [3.63, 3.8) is 0 Å². The molecule has 0 spiro atoms. The first-order valence-electron chi connectivity index (χ1n) is 14.0. The van der Waals surface area contributed by atoms with Crippen LogP contribution in [0.15, 0.2) is 60.7 Å². The van der Waals surface area contributed by atoms with Gasteiger partial charge in [-0.05, 0) is 38.5 Å². The van der Waals surface area contributed by atoms with Crippen molar-refractivity contribution < 1.29 is 48.3 Å². The topological polar surface area (TPSA) is 153 Å². The first-order chi connectivity index (χ1) is 20.9. The minimum atomic E-state index is -1.26. The number of hydrogen-bond acceptors (Lipinski definition) is 9. The molecule has 2 aromatic carbocycles. The Labute approximate surface area is 262 Å². The molecule has 0 unspecified atom stereocenters. The van der Waals surface area contributed by atoms with Gasteiger partial charge in [-0.3, -0.25) is 0 Å². The smallest absolute Gasteiger partial charge is 0.410 e. The number of morpholine rings is 2. The van der Waals surface area contributed by atoms with Crippen molar-refractivity contribution in [2.75, 3.05) is 53.1 Å². The van der Waals surface area contributed by atoms with Crippen LogP contribution < -0.4 is 14.8 Å². The molecule has 44 heavy (non-hydrogen) atoms. The van der Waals surface area contributed by atoms with Gasteiger partial charge in [0.15, 0.2) is 17.6 Å². The van der Waals surface area contributed by atoms with Gasteiger partial charge in [0.05, 0.1) is 33.5 Å². The van der Waals surface area contributed by atoms with E-state index in [0.29, 0.717) is 48.4 Å². The number of rotatable bonds is 7. The van der Waals surface area contributed by atoms with Gasteiger partial charge in [0.1, 0.15) is 11.7 Å². The predicted molar refractivity (Wildman–Crippen MR) is 163 cm³/mol. The summed E-state index contributed by atoms with van der Waals surface area (Å²) in [6.07, 6.45) is -0.0720. The molecule has 0 radical (unpaired) electrons. The van der Waals surface area contributed by atoms with Crippen molar-refractivity contribution in [2.45, 2.75) is 38.6 Å². The molecule has 2 atom stereocenters. The van der Waals surface area contributed by atoms with Crippen LogP contribution in [0.2, 0.25) is 5.02 Å². The highest BCUT2D eigenvalue weighted by Gasteiger charge is 2.35. The lowest BCUT2D eigenvalue weighted by molar-refractivity contribution is -0.134. The molecule has 0 saturated carbocycles. The van der Waals surface area contributed by atoms with Gasteiger partial charge in [0, 0.05) is 42.9 Å². The summed E-state index contributed by atoms with van der Waals surface area (Å²) >= 11 is 6.09. The van der Waals surface area contributed by atoms with E-state index in [-0.39, 0.29) is 12.2 Å². The third kappa shape index (κ3) is 14.1. The molecule has 1 amide bonds. The highest BCUT2D eigenvalue weighted by molar-refractivity contribution is 6.30. The number of methoxy groups -OCH3 is 1. The Balaban J connectivity index is 0.000000396. The van der Waals surface area contributed by atoms with Gasteiger partial charge in [0.25, 0.3) is 0 Å². The largest absolute Gasteiger partial charge is 0.493 e. The number of carboxylic acid groups (broad SMARTS) is 2. The molecule has 12 nitrogen and oxygen atoms in total. The number of halogens is 1. The molecule has 2 heterocycles. The third-order valence-electron chi connectivity index (χ3n) is 5.81. The van der Waals surface area contributed by atoms with Crippen LogP contribution in [-0.4, -0.2) is 98.0 Å². The van der Waals surface area contributed by atoms with Gasteiger partial charge in [0.2, 0.25) is 0 Å². The van der Waals surface area contributed by atoms with Crippen molar-refractivity contribution in [2.24, 2.45) is 0 Å². The molecule has 2 fully saturated rings. The monoisotopic (exact) mass is 636 g/mol. The van der Waals surface area contributed by atoms with Crippen LogP contribution in [0.25, 0.3) is 0 Å². The number of carbonyl (C=O) groups is 3. The van der Waals surface area contributed by atoms with Crippen LogP contribution in [0.5, 0.6) is 11.5 Å². The second-order valence-electron chi connectivity index (χ2n) is 10.5. The summed E-state index contributed by atoms with van der Waals surface area (Å²) < 4.78 is 28.4. The molecule has 2 aromatic rings. The molecule has 242 valence electrons. The molecule has 2 aliphatic heterocycles. The van der Waals surface area contributed by atoms with Crippen molar-refractivity contribution in [1.29, 1.82) is 0 Å². The normalized spacial score (nSPS) is 17.2. The van der Waals surface area contributed by atoms with Crippen LogP contribution in [0.3, 0.4) is 0 Å². The number of aliphatic carboxylic acids is 2. The molecule has 0 bridgehead atoms. The molecule has 2 saturated heterocycles. The van der Waals surface area contributed by atoms with E-state index in [9.17, 15) is 14.4 Å². The van der Waals surface area contributed by atoms with Gasteiger partial charge in [-0.1, -0.05) is 41.9 Å². The van der Waals surface area contributed by atoms with Crippen molar-refractivity contribution in [1.82, 2.24) is 10.2 Å². The summed E-state index contributed by atoms with van der Waals surface area (Å²) in [6, 6.07) is 15.0. The van der Waals surface area contributed by atoms with E-state index < -0.39 is 23.6 Å². The van der Waals surface area contributed by atoms with Gasteiger partial charge in [-0.25, -0.2) is 14.4 Å². The van der Waals surface area contributed by atoms with Gasteiger partial charge >= 0.3 is 18.0 Å².